The Bertz CT molecular complexity index is 1480. The van der Waals surface area contributed by atoms with Crippen LogP contribution in [0.1, 0.15) is 44.1 Å². The number of aromatic carboxylic acids is 1. The van der Waals surface area contributed by atoms with E-state index >= 15 is 0 Å². The summed E-state index contributed by atoms with van der Waals surface area (Å²) in [5, 5.41) is 11.9. The van der Waals surface area contributed by atoms with E-state index in [0.29, 0.717) is 30.6 Å². The highest BCUT2D eigenvalue weighted by molar-refractivity contribution is 5.97. The largest absolute Gasteiger partial charge is 0.478 e. The first kappa shape index (κ1) is 23.2. The van der Waals surface area contributed by atoms with E-state index in [1.807, 2.05) is 24.4 Å². The Morgan fingerprint density at radius 3 is 2.57 bits per heavy atom. The number of aromatic nitrogens is 3. The van der Waals surface area contributed by atoms with Crippen molar-refractivity contribution < 1.29 is 14.7 Å². The highest BCUT2D eigenvalue weighted by atomic mass is 16.4. The molecule has 37 heavy (non-hydrogen) atoms. The number of fused-ring (bicyclic) bond motifs is 3. The Balaban J connectivity index is 1.12. The SMILES string of the molecule is CN1CC2CC1CN2c1cc(Cc2nc3ccc(C(=O)NCc4ccc(C(=O)O)cc4)cc3[nH]2)ccn1. The molecule has 1 amide bonds. The molecular formula is C28H28N6O3. The Labute approximate surface area is 214 Å². The molecule has 0 spiro atoms. The predicted molar refractivity (Wildman–Crippen MR) is 140 cm³/mol. The summed E-state index contributed by atoms with van der Waals surface area (Å²) in [5.74, 6) is 0.694. The molecule has 9 nitrogen and oxygen atoms in total. The van der Waals surface area contributed by atoms with E-state index in [9.17, 15) is 9.59 Å². The number of likely N-dealkylation sites (N-methyl/N-ethyl adjacent to an activating group) is 1. The van der Waals surface area contributed by atoms with E-state index < -0.39 is 5.97 Å². The number of H-pyrrole nitrogens is 1. The number of hydrogen-bond acceptors (Lipinski definition) is 6. The third-order valence-electron chi connectivity index (χ3n) is 7.44. The maximum absolute atomic E-state index is 12.7. The summed E-state index contributed by atoms with van der Waals surface area (Å²) >= 11 is 0. The molecule has 2 saturated heterocycles. The Morgan fingerprint density at radius 2 is 1.84 bits per heavy atom. The zero-order chi connectivity index (χ0) is 25.5. The highest BCUT2D eigenvalue weighted by Gasteiger charge is 2.41. The van der Waals surface area contributed by atoms with Crippen molar-refractivity contribution in [3.05, 3.63) is 88.9 Å². The van der Waals surface area contributed by atoms with Gasteiger partial charge in [0.15, 0.2) is 0 Å². The summed E-state index contributed by atoms with van der Waals surface area (Å²) in [7, 11) is 2.20. The fourth-order valence-corrected chi connectivity index (χ4v) is 5.40. The molecule has 2 aliphatic rings. The van der Waals surface area contributed by atoms with Crippen LogP contribution in [0.25, 0.3) is 11.0 Å². The van der Waals surface area contributed by atoms with Crippen LogP contribution in [0.4, 0.5) is 5.82 Å². The number of anilines is 1. The van der Waals surface area contributed by atoms with E-state index in [1.54, 1.807) is 18.2 Å². The predicted octanol–water partition coefficient (Wildman–Crippen LogP) is 3.07. The molecule has 2 aliphatic heterocycles. The van der Waals surface area contributed by atoms with Gasteiger partial charge in [0.2, 0.25) is 0 Å². The second kappa shape index (κ2) is 9.33. The van der Waals surface area contributed by atoms with Gasteiger partial charge in [0, 0.05) is 49.9 Å². The standard InChI is InChI=1S/C28H28N6O3/c1-33-15-22-13-21(33)16-34(22)26-11-18(8-9-29-26)10-25-31-23-7-6-20(12-24(23)32-25)27(35)30-14-17-2-4-19(5-3-17)28(36)37/h2-9,11-12,21-22H,10,13-16H2,1H3,(H,30,35)(H,31,32)(H,36,37). The average molecular weight is 497 g/mol. The number of imidazole rings is 1. The molecule has 9 heteroatoms. The van der Waals surface area contributed by atoms with Gasteiger partial charge in [-0.1, -0.05) is 12.1 Å². The smallest absolute Gasteiger partial charge is 0.335 e. The van der Waals surface area contributed by atoms with Gasteiger partial charge in [0.25, 0.3) is 5.91 Å². The lowest BCUT2D eigenvalue weighted by atomic mass is 10.1. The summed E-state index contributed by atoms with van der Waals surface area (Å²) in [6.07, 6.45) is 3.74. The molecule has 0 saturated carbocycles. The molecule has 3 N–H and O–H groups in total. The third kappa shape index (κ3) is 4.65. The van der Waals surface area contributed by atoms with Crippen molar-refractivity contribution in [2.45, 2.75) is 31.5 Å². The summed E-state index contributed by atoms with van der Waals surface area (Å²) in [6, 6.07) is 17.2. The van der Waals surface area contributed by atoms with Crippen molar-refractivity contribution in [2.24, 2.45) is 0 Å². The molecular weight excluding hydrogens is 468 g/mol. The molecule has 4 aromatic rings. The quantitative estimate of drug-likeness (QED) is 0.360. The number of amides is 1. The summed E-state index contributed by atoms with van der Waals surface area (Å²) in [5.41, 5.74) is 4.34. The monoisotopic (exact) mass is 496 g/mol. The molecule has 0 aliphatic carbocycles. The van der Waals surface area contributed by atoms with E-state index in [-0.39, 0.29) is 11.5 Å². The second-order valence-electron chi connectivity index (χ2n) is 9.93. The van der Waals surface area contributed by atoms with Crippen LogP contribution >= 0.6 is 0 Å². The zero-order valence-electron chi connectivity index (χ0n) is 20.5. The topological polar surface area (TPSA) is 114 Å². The number of hydrogen-bond donors (Lipinski definition) is 3. The number of pyridine rings is 1. The molecule has 2 aromatic carbocycles. The van der Waals surface area contributed by atoms with Gasteiger partial charge in [-0.25, -0.2) is 14.8 Å². The number of nitrogens with one attached hydrogen (secondary N) is 2. The van der Waals surface area contributed by atoms with E-state index in [0.717, 1.165) is 46.9 Å². The van der Waals surface area contributed by atoms with Crippen molar-refractivity contribution >= 4 is 28.7 Å². The lowest BCUT2D eigenvalue weighted by molar-refractivity contribution is 0.0696. The number of nitrogens with zero attached hydrogens (tertiary/aromatic N) is 4. The number of rotatable bonds is 7. The molecule has 2 aromatic heterocycles. The molecule has 4 heterocycles. The summed E-state index contributed by atoms with van der Waals surface area (Å²) in [4.78, 5) is 41.3. The minimum absolute atomic E-state index is 0.204. The van der Waals surface area contributed by atoms with Crippen LogP contribution < -0.4 is 10.2 Å². The van der Waals surface area contributed by atoms with Crippen LogP contribution in [0.5, 0.6) is 0 Å². The van der Waals surface area contributed by atoms with E-state index in [2.05, 4.69) is 38.2 Å². The Hall–Kier alpha value is -4.24. The molecule has 0 radical (unpaired) electrons. The van der Waals surface area contributed by atoms with Crippen molar-refractivity contribution in [1.82, 2.24) is 25.2 Å². The molecule has 2 unspecified atom stereocenters. The summed E-state index contributed by atoms with van der Waals surface area (Å²) < 4.78 is 0. The number of carbonyl (C=O) groups excluding carboxylic acids is 1. The zero-order valence-corrected chi connectivity index (χ0v) is 20.5. The van der Waals surface area contributed by atoms with E-state index in [1.165, 1.54) is 18.6 Å². The number of benzene rings is 2. The van der Waals surface area contributed by atoms with Crippen molar-refractivity contribution in [2.75, 3.05) is 25.0 Å². The number of carbonyl (C=O) groups is 2. The maximum atomic E-state index is 12.7. The van der Waals surface area contributed by atoms with E-state index in [4.69, 9.17) is 10.1 Å². The first-order valence-electron chi connectivity index (χ1n) is 12.4. The van der Waals surface area contributed by atoms with Gasteiger partial charge in [-0.2, -0.15) is 0 Å². The number of carboxylic acids is 1. The van der Waals surface area contributed by atoms with Gasteiger partial charge in [-0.3, -0.25) is 9.69 Å². The van der Waals surface area contributed by atoms with Crippen LogP contribution in [0, 0.1) is 0 Å². The molecule has 2 bridgehead atoms. The van der Waals surface area contributed by atoms with Crippen LogP contribution in [0.2, 0.25) is 0 Å². The number of likely N-dealkylation sites (tertiary alicyclic amines) is 1. The van der Waals surface area contributed by atoms with Gasteiger partial charge < -0.3 is 20.3 Å². The number of carboxylic acid groups (broad SMARTS) is 1. The van der Waals surface area contributed by atoms with Crippen molar-refractivity contribution in [3.63, 3.8) is 0 Å². The van der Waals surface area contributed by atoms with Gasteiger partial charge in [-0.05, 0) is 67.1 Å². The first-order chi connectivity index (χ1) is 17.9. The highest BCUT2D eigenvalue weighted by Crippen LogP contribution is 2.33. The Kier molecular flexibility index (Phi) is 5.84. The fraction of sp³-hybridized carbons (Fsp3) is 0.286. The normalized spacial score (nSPS) is 19.0. The lowest BCUT2D eigenvalue weighted by Crippen LogP contribution is -2.44. The van der Waals surface area contributed by atoms with Crippen LogP contribution in [-0.4, -0.2) is 69.1 Å². The van der Waals surface area contributed by atoms with Crippen molar-refractivity contribution in [3.8, 4) is 0 Å². The van der Waals surface area contributed by atoms with Crippen LogP contribution in [0.15, 0.2) is 60.8 Å². The molecule has 2 atom stereocenters. The van der Waals surface area contributed by atoms with Gasteiger partial charge in [0.05, 0.1) is 16.6 Å². The number of piperazine rings is 1. The van der Waals surface area contributed by atoms with Gasteiger partial charge >= 0.3 is 5.97 Å². The van der Waals surface area contributed by atoms with Crippen molar-refractivity contribution in [1.29, 1.82) is 0 Å². The average Bonchev–Trinajstić information content (AvgIpc) is 3.60. The Morgan fingerprint density at radius 1 is 1.03 bits per heavy atom. The summed E-state index contributed by atoms with van der Waals surface area (Å²) in [6.45, 7) is 2.43. The lowest BCUT2D eigenvalue weighted by Gasteiger charge is -2.32. The first-order valence-corrected chi connectivity index (χ1v) is 12.4. The van der Waals surface area contributed by atoms with Crippen LogP contribution in [0.3, 0.4) is 0 Å². The number of aromatic amines is 1. The third-order valence-corrected chi connectivity index (χ3v) is 7.44. The molecule has 188 valence electrons. The minimum Gasteiger partial charge on any atom is -0.478 e. The molecule has 6 rings (SSSR count). The maximum Gasteiger partial charge on any atom is 0.335 e. The van der Waals surface area contributed by atoms with Crippen LogP contribution in [-0.2, 0) is 13.0 Å². The van der Waals surface area contributed by atoms with Gasteiger partial charge in [0.1, 0.15) is 11.6 Å². The minimum atomic E-state index is -0.974. The fourth-order valence-electron chi connectivity index (χ4n) is 5.40. The van der Waals surface area contributed by atoms with Gasteiger partial charge in [-0.15, -0.1) is 0 Å². The molecule has 2 fully saturated rings. The second-order valence-corrected chi connectivity index (χ2v) is 9.93.